The molecule has 7 nitrogen and oxygen atoms in total. The van der Waals surface area contributed by atoms with Crippen molar-refractivity contribution in [2.24, 2.45) is 0 Å². The van der Waals surface area contributed by atoms with Crippen LogP contribution in [0.4, 0.5) is 9.93 Å². The Balaban J connectivity index is 1.20. The van der Waals surface area contributed by atoms with Gasteiger partial charge in [-0.05, 0) is 92.8 Å². The van der Waals surface area contributed by atoms with Crippen molar-refractivity contribution in [3.63, 3.8) is 0 Å². The smallest absolute Gasteiger partial charge is 0.410 e. The van der Waals surface area contributed by atoms with Crippen molar-refractivity contribution in [1.29, 1.82) is 0 Å². The van der Waals surface area contributed by atoms with Crippen LogP contribution in [0.25, 0.3) is 0 Å². The van der Waals surface area contributed by atoms with Crippen LogP contribution in [-0.4, -0.2) is 39.2 Å². The Bertz CT molecular complexity index is 1290. The highest BCUT2D eigenvalue weighted by Crippen LogP contribution is 2.26. The molecule has 36 heavy (non-hydrogen) atoms. The van der Waals surface area contributed by atoms with Crippen molar-refractivity contribution in [1.82, 2.24) is 15.1 Å². The van der Waals surface area contributed by atoms with Crippen LogP contribution < -0.4 is 5.32 Å². The van der Waals surface area contributed by atoms with Gasteiger partial charge in [-0.2, -0.15) is 0 Å². The van der Waals surface area contributed by atoms with Gasteiger partial charge in [-0.15, -0.1) is 10.2 Å². The Labute approximate surface area is 215 Å². The van der Waals surface area contributed by atoms with Crippen LogP contribution in [0.3, 0.4) is 0 Å². The SMILES string of the molecule is CC(C)(C)OC(=O)N1CCc2cc(C(=O)Nc3nnc(Cc4ccc5c(c4)CCCC5)s3)ccc2C1. The van der Waals surface area contributed by atoms with Gasteiger partial charge >= 0.3 is 6.09 Å². The van der Waals surface area contributed by atoms with Crippen LogP contribution in [0.5, 0.6) is 0 Å². The van der Waals surface area contributed by atoms with Gasteiger partial charge in [0.05, 0.1) is 0 Å². The van der Waals surface area contributed by atoms with E-state index in [0.29, 0.717) is 36.6 Å². The molecule has 188 valence electrons. The third kappa shape index (κ3) is 5.75. The molecule has 2 heterocycles. The summed E-state index contributed by atoms with van der Waals surface area (Å²) in [4.78, 5) is 27.0. The molecule has 1 aliphatic carbocycles. The second kappa shape index (κ2) is 10.0. The predicted molar refractivity (Wildman–Crippen MR) is 141 cm³/mol. The van der Waals surface area contributed by atoms with Gasteiger partial charge in [0.25, 0.3) is 5.91 Å². The van der Waals surface area contributed by atoms with E-state index in [1.165, 1.54) is 47.3 Å². The lowest BCUT2D eigenvalue weighted by Crippen LogP contribution is -2.39. The summed E-state index contributed by atoms with van der Waals surface area (Å²) in [5, 5.41) is 12.8. The van der Waals surface area contributed by atoms with Gasteiger partial charge in [-0.25, -0.2) is 4.79 Å². The molecule has 8 heteroatoms. The van der Waals surface area contributed by atoms with Crippen LogP contribution in [0.15, 0.2) is 36.4 Å². The molecule has 0 spiro atoms. The predicted octanol–water partition coefficient (Wildman–Crippen LogP) is 5.55. The van der Waals surface area contributed by atoms with E-state index in [0.717, 1.165) is 22.6 Å². The maximum atomic E-state index is 12.9. The number of aromatic nitrogens is 2. The molecule has 0 saturated heterocycles. The molecule has 0 unspecified atom stereocenters. The molecule has 1 N–H and O–H groups in total. The molecule has 0 fully saturated rings. The molecule has 3 aromatic rings. The summed E-state index contributed by atoms with van der Waals surface area (Å²) in [6.45, 7) is 6.64. The molecule has 5 rings (SSSR count). The summed E-state index contributed by atoms with van der Waals surface area (Å²) in [7, 11) is 0. The minimum atomic E-state index is -0.523. The summed E-state index contributed by atoms with van der Waals surface area (Å²) < 4.78 is 5.50. The van der Waals surface area contributed by atoms with Crippen molar-refractivity contribution < 1.29 is 14.3 Å². The fourth-order valence-corrected chi connectivity index (χ4v) is 5.56. The number of benzene rings is 2. The molecule has 2 amide bonds. The number of ether oxygens (including phenoxy) is 1. The maximum absolute atomic E-state index is 12.9. The quantitative estimate of drug-likeness (QED) is 0.503. The topological polar surface area (TPSA) is 84.4 Å². The van der Waals surface area contributed by atoms with E-state index < -0.39 is 5.60 Å². The molecule has 2 aromatic carbocycles. The molecular weight excluding hydrogens is 472 g/mol. The van der Waals surface area contributed by atoms with E-state index in [2.05, 4.69) is 33.7 Å². The van der Waals surface area contributed by atoms with Crippen molar-refractivity contribution in [2.45, 2.75) is 71.4 Å². The minimum Gasteiger partial charge on any atom is -0.444 e. The van der Waals surface area contributed by atoms with Crippen molar-refractivity contribution >= 4 is 28.5 Å². The molecule has 0 radical (unpaired) electrons. The second-order valence-electron chi connectivity index (χ2n) is 10.6. The summed E-state index contributed by atoms with van der Waals surface area (Å²) in [6, 6.07) is 12.3. The van der Waals surface area contributed by atoms with Gasteiger partial charge in [0.15, 0.2) is 0 Å². The zero-order valence-corrected chi connectivity index (χ0v) is 21.9. The highest BCUT2D eigenvalue weighted by atomic mass is 32.1. The van der Waals surface area contributed by atoms with E-state index in [1.54, 1.807) is 11.0 Å². The first-order valence-corrected chi connectivity index (χ1v) is 13.4. The van der Waals surface area contributed by atoms with E-state index in [9.17, 15) is 9.59 Å². The normalized spacial score (nSPS) is 15.1. The Kier molecular flexibility index (Phi) is 6.79. The van der Waals surface area contributed by atoms with Crippen molar-refractivity contribution in [3.8, 4) is 0 Å². The molecular formula is C28H32N4O3S. The first kappa shape index (κ1) is 24.4. The Morgan fingerprint density at radius 1 is 0.972 bits per heavy atom. The Morgan fingerprint density at radius 2 is 1.72 bits per heavy atom. The summed E-state index contributed by atoms with van der Waals surface area (Å²) in [5.74, 6) is -0.205. The van der Waals surface area contributed by atoms with Gasteiger partial charge in [-0.1, -0.05) is 35.6 Å². The van der Waals surface area contributed by atoms with Gasteiger partial charge < -0.3 is 9.64 Å². The lowest BCUT2D eigenvalue weighted by Gasteiger charge is -2.31. The first-order chi connectivity index (χ1) is 17.2. The average Bonchev–Trinajstić information content (AvgIpc) is 3.28. The molecule has 0 bridgehead atoms. The molecule has 1 aliphatic heterocycles. The fourth-order valence-electron chi connectivity index (χ4n) is 4.79. The third-order valence-corrected chi connectivity index (χ3v) is 7.43. The van der Waals surface area contributed by atoms with Gasteiger partial charge in [-0.3, -0.25) is 10.1 Å². The average molecular weight is 505 g/mol. The lowest BCUT2D eigenvalue weighted by atomic mass is 9.90. The monoisotopic (exact) mass is 504 g/mol. The summed E-state index contributed by atoms with van der Waals surface area (Å²) >= 11 is 1.41. The number of carbonyl (C=O) groups excluding carboxylic acids is 2. The van der Waals surface area contributed by atoms with E-state index in [-0.39, 0.29) is 12.0 Å². The number of carbonyl (C=O) groups is 2. The van der Waals surface area contributed by atoms with Crippen LogP contribution >= 0.6 is 11.3 Å². The standard InChI is InChI=1S/C28H32N4O3S/c1-28(2,3)35-27(34)32-13-12-21-16-22(10-11-23(21)17-32)25(33)29-26-31-30-24(36-26)15-18-8-9-19-6-4-5-7-20(19)14-18/h8-11,14,16H,4-7,12-13,15,17H2,1-3H3,(H,29,31,33). The second-order valence-corrected chi connectivity index (χ2v) is 11.6. The summed E-state index contributed by atoms with van der Waals surface area (Å²) in [6.07, 6.45) is 5.96. The number of fused-ring (bicyclic) bond motifs is 2. The van der Waals surface area contributed by atoms with Crippen LogP contribution in [0.2, 0.25) is 0 Å². The largest absolute Gasteiger partial charge is 0.444 e. The maximum Gasteiger partial charge on any atom is 0.410 e. The molecule has 0 saturated carbocycles. The van der Waals surface area contributed by atoms with Gasteiger partial charge in [0.2, 0.25) is 5.13 Å². The minimum absolute atomic E-state index is 0.205. The molecule has 2 aliphatic rings. The van der Waals surface area contributed by atoms with Crippen LogP contribution in [0, 0.1) is 0 Å². The van der Waals surface area contributed by atoms with Crippen molar-refractivity contribution in [3.05, 3.63) is 74.8 Å². The van der Waals surface area contributed by atoms with Crippen LogP contribution in [-0.2, 0) is 37.0 Å². The lowest BCUT2D eigenvalue weighted by molar-refractivity contribution is 0.0224. The molecule has 1 aromatic heterocycles. The number of rotatable bonds is 4. The highest BCUT2D eigenvalue weighted by molar-refractivity contribution is 7.15. The van der Waals surface area contributed by atoms with E-state index in [1.807, 2.05) is 32.9 Å². The number of amides is 2. The van der Waals surface area contributed by atoms with E-state index >= 15 is 0 Å². The summed E-state index contributed by atoms with van der Waals surface area (Å²) in [5.41, 5.74) is 6.33. The number of hydrogen-bond donors (Lipinski definition) is 1. The fraction of sp³-hybridized carbons (Fsp3) is 0.429. The van der Waals surface area contributed by atoms with Gasteiger partial charge in [0.1, 0.15) is 10.6 Å². The zero-order chi connectivity index (χ0) is 25.3. The number of nitrogens with zero attached hydrogens (tertiary/aromatic N) is 3. The van der Waals surface area contributed by atoms with Crippen LogP contribution in [0.1, 0.15) is 76.8 Å². The number of nitrogens with one attached hydrogen (secondary N) is 1. The van der Waals surface area contributed by atoms with E-state index in [4.69, 9.17) is 4.74 Å². The third-order valence-electron chi connectivity index (χ3n) is 6.59. The highest BCUT2D eigenvalue weighted by Gasteiger charge is 2.26. The Morgan fingerprint density at radius 3 is 2.53 bits per heavy atom. The number of aryl methyl sites for hydroxylation is 2. The van der Waals surface area contributed by atoms with Gasteiger partial charge in [0, 0.05) is 25.1 Å². The first-order valence-electron chi connectivity index (χ1n) is 12.6. The Hall–Kier alpha value is -3.26. The zero-order valence-electron chi connectivity index (χ0n) is 21.1. The molecule has 0 atom stereocenters. The number of hydrogen-bond acceptors (Lipinski definition) is 6. The van der Waals surface area contributed by atoms with Crippen molar-refractivity contribution in [2.75, 3.05) is 11.9 Å². The number of anilines is 1.